The molecule has 258 valence electrons. The van der Waals surface area contributed by atoms with Crippen molar-refractivity contribution in [3.05, 3.63) is 129 Å². The highest BCUT2D eigenvalue weighted by molar-refractivity contribution is 5.47. The van der Waals surface area contributed by atoms with E-state index in [1.54, 1.807) is 0 Å². The summed E-state index contributed by atoms with van der Waals surface area (Å²) in [4.78, 5) is 0. The largest absolute Gasteiger partial charge is 0.399 e. The van der Waals surface area contributed by atoms with E-state index in [2.05, 4.69) is 98.8 Å². The third-order valence-corrected chi connectivity index (χ3v) is 10.1. The van der Waals surface area contributed by atoms with Crippen LogP contribution in [0.1, 0.15) is 148 Å². The Balaban J connectivity index is 1.09. The zero-order valence-corrected chi connectivity index (χ0v) is 30.4. The Morgan fingerprint density at radius 1 is 0.333 bits per heavy atom. The second kappa shape index (κ2) is 21.5. The van der Waals surface area contributed by atoms with E-state index >= 15 is 0 Å². The minimum atomic E-state index is 0.887. The van der Waals surface area contributed by atoms with Crippen LogP contribution in [0.15, 0.2) is 84.9 Å². The normalized spacial score (nSPS) is 11.3. The van der Waals surface area contributed by atoms with Gasteiger partial charge in [-0.15, -0.1) is 0 Å². The van der Waals surface area contributed by atoms with E-state index in [1.165, 1.54) is 147 Å². The topological polar surface area (TPSA) is 52.0 Å². The van der Waals surface area contributed by atoms with Crippen LogP contribution in [0, 0.1) is 0 Å². The molecule has 0 heterocycles. The molecule has 0 bridgehead atoms. The first kappa shape index (κ1) is 37.3. The first-order chi connectivity index (χ1) is 23.5. The van der Waals surface area contributed by atoms with Crippen molar-refractivity contribution in [2.75, 3.05) is 11.5 Å². The summed E-state index contributed by atoms with van der Waals surface area (Å²) in [6.07, 6.45) is 24.9. The third-order valence-electron chi connectivity index (χ3n) is 10.1. The predicted molar refractivity (Wildman–Crippen MR) is 211 cm³/mol. The summed E-state index contributed by atoms with van der Waals surface area (Å²) in [5.41, 5.74) is 25.5. The molecule has 0 amide bonds. The number of anilines is 2. The van der Waals surface area contributed by atoms with Crippen LogP contribution in [0.5, 0.6) is 0 Å². The quantitative estimate of drug-likeness (QED) is 0.0623. The third kappa shape index (κ3) is 13.5. The number of unbranched alkanes of at least 4 members (excludes halogenated alkanes) is 11. The van der Waals surface area contributed by atoms with Crippen LogP contribution in [0.3, 0.4) is 0 Å². The molecule has 2 heteroatoms. The van der Waals surface area contributed by atoms with E-state index < -0.39 is 0 Å². The molecule has 0 aliphatic heterocycles. The van der Waals surface area contributed by atoms with Gasteiger partial charge in [0.1, 0.15) is 0 Å². The van der Waals surface area contributed by atoms with Crippen molar-refractivity contribution in [2.45, 2.75) is 142 Å². The van der Waals surface area contributed by atoms with E-state index in [0.717, 1.165) is 37.1 Å². The van der Waals surface area contributed by atoms with Crippen molar-refractivity contribution < 1.29 is 0 Å². The summed E-state index contributed by atoms with van der Waals surface area (Å²) in [7, 11) is 0. The molecule has 4 aromatic rings. The molecular weight excluding hydrogens is 581 g/mol. The van der Waals surface area contributed by atoms with Crippen molar-refractivity contribution in [3.8, 4) is 0 Å². The van der Waals surface area contributed by atoms with Gasteiger partial charge in [-0.1, -0.05) is 139 Å². The fraction of sp³-hybridized carbons (Fsp3) is 0.478. The average Bonchev–Trinajstić information content (AvgIpc) is 3.10. The van der Waals surface area contributed by atoms with E-state index in [9.17, 15) is 0 Å². The first-order valence-corrected chi connectivity index (χ1v) is 19.4. The van der Waals surface area contributed by atoms with Crippen LogP contribution in [-0.4, -0.2) is 0 Å². The average molecular weight is 645 g/mol. The molecule has 0 fully saturated rings. The van der Waals surface area contributed by atoms with E-state index in [1.807, 2.05) is 0 Å². The molecule has 2 nitrogen and oxygen atoms in total. The number of rotatable bonds is 23. The molecule has 0 saturated carbocycles. The lowest BCUT2D eigenvalue weighted by Crippen LogP contribution is -1.99. The van der Waals surface area contributed by atoms with Gasteiger partial charge in [0.15, 0.2) is 0 Å². The van der Waals surface area contributed by atoms with E-state index in [-0.39, 0.29) is 0 Å². The minimum Gasteiger partial charge on any atom is -0.399 e. The molecule has 4 N–H and O–H groups in total. The molecular formula is C46H64N2. The lowest BCUT2D eigenvalue weighted by Gasteiger charge is -2.12. The standard InChI is InChI=1S/C46H64N2/c1-3-5-7-15-19-41-35-45(47)31-29-43(41)33-39-25-21-37(22-26-39)17-13-11-9-10-12-14-18-38-23-27-40(28-24-38)34-44-30-32-46(48)36-42(44)20-16-8-6-4-2/h21-32,35-36H,3-20,33-34,47-48H2,1-2H3. The number of aryl methyl sites for hydroxylation is 4. The van der Waals surface area contributed by atoms with Crippen LogP contribution < -0.4 is 11.5 Å². The maximum absolute atomic E-state index is 6.13. The van der Waals surface area contributed by atoms with Gasteiger partial charge in [-0.05, 0) is 133 Å². The second-order valence-corrected chi connectivity index (χ2v) is 14.3. The number of nitrogen functional groups attached to an aromatic ring is 2. The van der Waals surface area contributed by atoms with E-state index in [0.29, 0.717) is 0 Å². The Morgan fingerprint density at radius 2 is 0.667 bits per heavy atom. The van der Waals surface area contributed by atoms with Gasteiger partial charge in [0.05, 0.1) is 0 Å². The molecule has 0 spiro atoms. The van der Waals surface area contributed by atoms with Gasteiger partial charge in [-0.3, -0.25) is 0 Å². The number of nitrogens with two attached hydrogens (primary N) is 2. The maximum atomic E-state index is 6.13. The van der Waals surface area contributed by atoms with Gasteiger partial charge in [0, 0.05) is 11.4 Å². The zero-order valence-electron chi connectivity index (χ0n) is 30.4. The van der Waals surface area contributed by atoms with Crippen molar-refractivity contribution in [3.63, 3.8) is 0 Å². The van der Waals surface area contributed by atoms with Crippen LogP contribution in [0.4, 0.5) is 11.4 Å². The molecule has 0 aromatic heterocycles. The van der Waals surface area contributed by atoms with Crippen molar-refractivity contribution >= 4 is 11.4 Å². The Bertz CT molecular complexity index is 1340. The monoisotopic (exact) mass is 645 g/mol. The summed E-state index contributed by atoms with van der Waals surface area (Å²) in [6.45, 7) is 4.54. The zero-order chi connectivity index (χ0) is 33.8. The smallest absolute Gasteiger partial charge is 0.0316 e. The summed E-state index contributed by atoms with van der Waals surface area (Å²) < 4.78 is 0. The number of benzene rings is 4. The van der Waals surface area contributed by atoms with Crippen molar-refractivity contribution in [1.29, 1.82) is 0 Å². The summed E-state index contributed by atoms with van der Waals surface area (Å²) >= 11 is 0. The summed E-state index contributed by atoms with van der Waals surface area (Å²) in [5, 5.41) is 0. The van der Waals surface area contributed by atoms with Crippen LogP contribution in [-0.2, 0) is 38.5 Å². The van der Waals surface area contributed by atoms with Gasteiger partial charge in [-0.2, -0.15) is 0 Å². The highest BCUT2D eigenvalue weighted by atomic mass is 14.5. The lowest BCUT2D eigenvalue weighted by molar-refractivity contribution is 0.594. The van der Waals surface area contributed by atoms with Crippen LogP contribution >= 0.6 is 0 Å². The predicted octanol–water partition coefficient (Wildman–Crippen LogP) is 12.4. The minimum absolute atomic E-state index is 0.887. The van der Waals surface area contributed by atoms with Crippen molar-refractivity contribution in [2.24, 2.45) is 0 Å². The number of hydrogen-bond donors (Lipinski definition) is 2. The van der Waals surface area contributed by atoms with Crippen molar-refractivity contribution in [1.82, 2.24) is 0 Å². The number of hydrogen-bond acceptors (Lipinski definition) is 2. The Morgan fingerprint density at radius 3 is 1.06 bits per heavy atom. The Hall–Kier alpha value is -3.52. The van der Waals surface area contributed by atoms with E-state index in [4.69, 9.17) is 11.5 Å². The molecule has 0 aliphatic rings. The SMILES string of the molecule is CCCCCCc1cc(N)ccc1Cc1ccc(CCCCCCCCc2ccc(Cc3ccc(N)cc3CCCCCC)cc2)cc1. The van der Waals surface area contributed by atoms with Gasteiger partial charge in [-0.25, -0.2) is 0 Å². The highest BCUT2D eigenvalue weighted by Gasteiger charge is 2.07. The van der Waals surface area contributed by atoms with Gasteiger partial charge < -0.3 is 11.5 Å². The molecule has 4 aromatic carbocycles. The molecule has 0 radical (unpaired) electrons. The fourth-order valence-corrected chi connectivity index (χ4v) is 7.04. The molecule has 48 heavy (non-hydrogen) atoms. The molecule has 4 rings (SSSR count). The Kier molecular flexibility index (Phi) is 16.7. The second-order valence-electron chi connectivity index (χ2n) is 14.3. The highest BCUT2D eigenvalue weighted by Crippen LogP contribution is 2.23. The van der Waals surface area contributed by atoms with Crippen LogP contribution in [0.25, 0.3) is 0 Å². The molecule has 0 aliphatic carbocycles. The van der Waals surface area contributed by atoms with Gasteiger partial charge >= 0.3 is 0 Å². The van der Waals surface area contributed by atoms with Crippen LogP contribution in [0.2, 0.25) is 0 Å². The fourth-order valence-electron chi connectivity index (χ4n) is 7.04. The molecule has 0 unspecified atom stereocenters. The lowest BCUT2D eigenvalue weighted by atomic mass is 9.94. The summed E-state index contributed by atoms with van der Waals surface area (Å²) in [6, 6.07) is 31.7. The Labute approximate surface area is 293 Å². The molecule has 0 saturated heterocycles. The maximum Gasteiger partial charge on any atom is 0.0316 e. The van der Waals surface area contributed by atoms with Gasteiger partial charge in [0.2, 0.25) is 0 Å². The molecule has 0 atom stereocenters. The first-order valence-electron chi connectivity index (χ1n) is 19.4. The summed E-state index contributed by atoms with van der Waals surface area (Å²) in [5.74, 6) is 0. The van der Waals surface area contributed by atoms with Gasteiger partial charge in [0.25, 0.3) is 0 Å².